The van der Waals surface area contributed by atoms with E-state index in [0.717, 1.165) is 70.2 Å². The Kier molecular flexibility index (Phi) is 5.06. The summed E-state index contributed by atoms with van der Waals surface area (Å²) < 4.78 is 5.47. The number of rotatable bonds is 3. The van der Waals surface area contributed by atoms with Crippen LogP contribution in [0, 0.1) is 11.8 Å². The Labute approximate surface area is 149 Å². The summed E-state index contributed by atoms with van der Waals surface area (Å²) in [5.41, 5.74) is 0.837. The van der Waals surface area contributed by atoms with Crippen molar-refractivity contribution in [2.45, 2.75) is 32.1 Å². The first-order chi connectivity index (χ1) is 12.3. The number of carbonyl (C=O) groups excluding carboxylic acids is 1. The molecular formula is C19H28N4O2. The topological polar surface area (TPSA) is 57.7 Å². The zero-order valence-corrected chi connectivity index (χ0v) is 14.8. The van der Waals surface area contributed by atoms with Crippen molar-refractivity contribution in [3.8, 4) is 0 Å². The molecule has 4 heterocycles. The smallest absolute Gasteiger partial charge is 0.321 e. The average molecular weight is 344 g/mol. The van der Waals surface area contributed by atoms with E-state index in [1.54, 1.807) is 6.20 Å². The van der Waals surface area contributed by atoms with E-state index in [0.29, 0.717) is 11.8 Å². The van der Waals surface area contributed by atoms with Crippen molar-refractivity contribution in [1.29, 1.82) is 0 Å². The van der Waals surface area contributed by atoms with Gasteiger partial charge in [0.05, 0.1) is 5.69 Å². The van der Waals surface area contributed by atoms with Crippen molar-refractivity contribution in [3.05, 3.63) is 18.3 Å². The Morgan fingerprint density at radius 3 is 2.72 bits per heavy atom. The predicted molar refractivity (Wildman–Crippen MR) is 97.9 cm³/mol. The quantitative estimate of drug-likeness (QED) is 0.916. The van der Waals surface area contributed by atoms with Crippen molar-refractivity contribution >= 4 is 17.5 Å². The van der Waals surface area contributed by atoms with Crippen molar-refractivity contribution in [1.82, 2.24) is 9.88 Å². The summed E-state index contributed by atoms with van der Waals surface area (Å²) in [6, 6.07) is 3.87. The van der Waals surface area contributed by atoms with E-state index in [9.17, 15) is 4.79 Å². The molecule has 0 saturated carbocycles. The fourth-order valence-electron chi connectivity index (χ4n) is 4.41. The lowest BCUT2D eigenvalue weighted by Gasteiger charge is -2.27. The first-order valence-corrected chi connectivity index (χ1v) is 9.65. The Morgan fingerprint density at radius 1 is 1.12 bits per heavy atom. The first-order valence-electron chi connectivity index (χ1n) is 9.65. The minimum absolute atomic E-state index is 0.0167. The van der Waals surface area contributed by atoms with Crippen LogP contribution in [-0.4, -0.2) is 55.3 Å². The number of aromatic nitrogens is 1. The Hall–Kier alpha value is -1.82. The van der Waals surface area contributed by atoms with Gasteiger partial charge >= 0.3 is 6.03 Å². The van der Waals surface area contributed by atoms with Crippen molar-refractivity contribution in [3.63, 3.8) is 0 Å². The third-order valence-electron chi connectivity index (χ3n) is 5.88. The van der Waals surface area contributed by atoms with Gasteiger partial charge in [0.2, 0.25) is 0 Å². The Bertz CT molecular complexity index is 597. The van der Waals surface area contributed by atoms with Crippen LogP contribution in [-0.2, 0) is 4.74 Å². The molecule has 25 heavy (non-hydrogen) atoms. The number of carbonyl (C=O) groups is 1. The third kappa shape index (κ3) is 3.73. The number of hydrogen-bond donors (Lipinski definition) is 1. The molecule has 0 aliphatic carbocycles. The number of nitrogens with zero attached hydrogens (tertiary/aromatic N) is 3. The van der Waals surface area contributed by atoms with Crippen molar-refractivity contribution in [2.24, 2.45) is 11.8 Å². The molecule has 1 N–H and O–H groups in total. The van der Waals surface area contributed by atoms with Gasteiger partial charge in [-0.2, -0.15) is 0 Å². The molecule has 0 bridgehead atoms. The summed E-state index contributed by atoms with van der Waals surface area (Å²) in [6.07, 6.45) is 7.60. The molecule has 1 aromatic rings. The van der Waals surface area contributed by atoms with E-state index in [-0.39, 0.29) is 6.03 Å². The molecule has 0 spiro atoms. The van der Waals surface area contributed by atoms with Crippen LogP contribution in [0.1, 0.15) is 32.1 Å². The highest BCUT2D eigenvalue weighted by Crippen LogP contribution is 2.32. The van der Waals surface area contributed by atoms with Gasteiger partial charge in [-0.05, 0) is 56.1 Å². The number of ether oxygens (including phenoxy) is 1. The van der Waals surface area contributed by atoms with Gasteiger partial charge < -0.3 is 19.9 Å². The number of pyridine rings is 1. The number of anilines is 2. The van der Waals surface area contributed by atoms with Crippen LogP contribution < -0.4 is 10.2 Å². The summed E-state index contributed by atoms with van der Waals surface area (Å²) in [7, 11) is 0. The van der Waals surface area contributed by atoms with Gasteiger partial charge in [0, 0.05) is 45.6 Å². The standard InChI is InChI=1S/C19H28N4O2/c24-19(23-11-5-16(14-23)15-6-12-25-13-7-15)21-17-4-3-8-20-18(17)22-9-1-2-10-22/h3-4,8,15-16H,1-2,5-7,9-14H2,(H,21,24). The first kappa shape index (κ1) is 16.6. The Balaban J connectivity index is 1.38. The fourth-order valence-corrected chi connectivity index (χ4v) is 4.41. The zero-order chi connectivity index (χ0) is 17.1. The minimum atomic E-state index is 0.0167. The predicted octanol–water partition coefficient (Wildman–Crippen LogP) is 2.96. The molecule has 136 valence electrons. The third-order valence-corrected chi connectivity index (χ3v) is 5.88. The van der Waals surface area contributed by atoms with Crippen molar-refractivity contribution in [2.75, 3.05) is 49.6 Å². The highest BCUT2D eigenvalue weighted by molar-refractivity contribution is 5.92. The van der Waals surface area contributed by atoms with Crippen LogP contribution in [0.5, 0.6) is 0 Å². The second-order valence-corrected chi connectivity index (χ2v) is 7.44. The van der Waals surface area contributed by atoms with Crippen LogP contribution in [0.25, 0.3) is 0 Å². The van der Waals surface area contributed by atoms with E-state index < -0.39 is 0 Å². The van der Waals surface area contributed by atoms with Gasteiger partial charge in [-0.15, -0.1) is 0 Å². The molecule has 3 fully saturated rings. The molecule has 3 saturated heterocycles. The van der Waals surface area contributed by atoms with E-state index in [2.05, 4.69) is 15.2 Å². The number of likely N-dealkylation sites (tertiary alicyclic amines) is 1. The molecule has 0 radical (unpaired) electrons. The minimum Gasteiger partial charge on any atom is -0.381 e. The number of hydrogen-bond acceptors (Lipinski definition) is 4. The van der Waals surface area contributed by atoms with Gasteiger partial charge in [-0.1, -0.05) is 0 Å². The summed E-state index contributed by atoms with van der Waals surface area (Å²) >= 11 is 0. The lowest BCUT2D eigenvalue weighted by molar-refractivity contribution is 0.0485. The molecule has 1 aromatic heterocycles. The molecule has 3 aliphatic heterocycles. The van der Waals surface area contributed by atoms with E-state index >= 15 is 0 Å². The maximum atomic E-state index is 12.8. The second-order valence-electron chi connectivity index (χ2n) is 7.44. The highest BCUT2D eigenvalue weighted by atomic mass is 16.5. The lowest BCUT2D eigenvalue weighted by atomic mass is 9.85. The van der Waals surface area contributed by atoms with Gasteiger partial charge in [-0.3, -0.25) is 0 Å². The van der Waals surface area contributed by atoms with E-state index in [4.69, 9.17) is 4.74 Å². The summed E-state index contributed by atoms with van der Waals surface area (Å²) in [5.74, 6) is 2.25. The maximum Gasteiger partial charge on any atom is 0.321 e. The summed E-state index contributed by atoms with van der Waals surface area (Å²) in [6.45, 7) is 5.53. The van der Waals surface area contributed by atoms with E-state index in [1.807, 2.05) is 17.0 Å². The van der Waals surface area contributed by atoms with Crippen LogP contribution >= 0.6 is 0 Å². The average Bonchev–Trinajstić information content (AvgIpc) is 3.35. The monoisotopic (exact) mass is 344 g/mol. The van der Waals surface area contributed by atoms with Gasteiger partial charge in [-0.25, -0.2) is 9.78 Å². The largest absolute Gasteiger partial charge is 0.381 e. The molecule has 6 heteroatoms. The molecule has 1 atom stereocenters. The number of urea groups is 1. The number of amides is 2. The lowest BCUT2D eigenvalue weighted by Crippen LogP contribution is -2.35. The fraction of sp³-hybridized carbons (Fsp3) is 0.684. The maximum absolute atomic E-state index is 12.8. The van der Waals surface area contributed by atoms with E-state index in [1.165, 1.54) is 12.8 Å². The zero-order valence-electron chi connectivity index (χ0n) is 14.8. The molecule has 1 unspecified atom stereocenters. The summed E-state index contributed by atoms with van der Waals surface area (Å²) in [4.78, 5) is 21.5. The molecule has 4 rings (SSSR count). The van der Waals surface area contributed by atoms with Crippen LogP contribution in [0.3, 0.4) is 0 Å². The normalized spacial score (nSPS) is 24.7. The molecule has 3 aliphatic rings. The SMILES string of the molecule is O=C(Nc1cccnc1N1CCCC1)N1CCC(C2CCOCC2)C1. The Morgan fingerprint density at radius 2 is 1.92 bits per heavy atom. The van der Waals surface area contributed by atoms with Crippen LogP contribution in [0.2, 0.25) is 0 Å². The molecule has 0 aromatic carbocycles. The molecular weight excluding hydrogens is 316 g/mol. The van der Waals surface area contributed by atoms with Gasteiger partial charge in [0.1, 0.15) is 0 Å². The van der Waals surface area contributed by atoms with Gasteiger partial charge in [0.25, 0.3) is 0 Å². The van der Waals surface area contributed by atoms with Gasteiger partial charge in [0.15, 0.2) is 5.82 Å². The second kappa shape index (κ2) is 7.60. The highest BCUT2D eigenvalue weighted by Gasteiger charge is 2.33. The molecule has 6 nitrogen and oxygen atoms in total. The molecule has 2 amide bonds. The summed E-state index contributed by atoms with van der Waals surface area (Å²) in [5, 5.41) is 3.11. The number of nitrogens with one attached hydrogen (secondary N) is 1. The van der Waals surface area contributed by atoms with Crippen LogP contribution in [0.4, 0.5) is 16.3 Å². The van der Waals surface area contributed by atoms with Crippen LogP contribution in [0.15, 0.2) is 18.3 Å². The van der Waals surface area contributed by atoms with Crippen molar-refractivity contribution < 1.29 is 9.53 Å².